The lowest BCUT2D eigenvalue weighted by atomic mass is 10.1. The van der Waals surface area contributed by atoms with Crippen molar-refractivity contribution in [1.29, 1.82) is 0 Å². The van der Waals surface area contributed by atoms with Gasteiger partial charge in [-0.2, -0.15) is 0 Å². The van der Waals surface area contributed by atoms with Crippen LogP contribution < -0.4 is 0 Å². The normalized spacial score (nSPS) is 11.8. The van der Waals surface area contributed by atoms with Gasteiger partial charge in [-0.05, 0) is 23.1 Å². The van der Waals surface area contributed by atoms with Crippen molar-refractivity contribution in [3.63, 3.8) is 0 Å². The summed E-state index contributed by atoms with van der Waals surface area (Å²) < 4.78 is 4.48. The van der Waals surface area contributed by atoms with Crippen LogP contribution in [0.1, 0.15) is 25.5 Å². The van der Waals surface area contributed by atoms with Crippen molar-refractivity contribution >= 4 is 10.9 Å². The highest BCUT2D eigenvalue weighted by molar-refractivity contribution is 5.79. The fourth-order valence-electron chi connectivity index (χ4n) is 2.99. The summed E-state index contributed by atoms with van der Waals surface area (Å²) in [4.78, 5) is 4.21. The van der Waals surface area contributed by atoms with E-state index in [4.69, 9.17) is 0 Å². The van der Waals surface area contributed by atoms with Gasteiger partial charge in [-0.3, -0.25) is 0 Å². The Morgan fingerprint density at radius 1 is 0.875 bits per heavy atom. The lowest BCUT2D eigenvalue weighted by molar-refractivity contribution is 0.502. The first-order valence-corrected chi connectivity index (χ1v) is 8.48. The Morgan fingerprint density at radius 2 is 1.62 bits per heavy atom. The third kappa shape index (κ3) is 3.25. The maximum absolute atomic E-state index is 4.21. The Bertz CT molecular complexity index is 860. The predicted molar refractivity (Wildman–Crippen MR) is 100 cm³/mol. The summed E-state index contributed by atoms with van der Waals surface area (Å²) >= 11 is 0. The van der Waals surface area contributed by atoms with Gasteiger partial charge in [0.2, 0.25) is 0 Å². The Balaban J connectivity index is 0.000000815. The molecular formula is C21H23N3. The van der Waals surface area contributed by atoms with Gasteiger partial charge in [-0.1, -0.05) is 62.4 Å². The molecule has 1 atom stereocenters. The molecule has 122 valence electrons. The summed E-state index contributed by atoms with van der Waals surface area (Å²) in [5.74, 6) is 0. The molecule has 0 aliphatic heterocycles. The number of imidazole rings is 1. The van der Waals surface area contributed by atoms with Crippen LogP contribution in [0.3, 0.4) is 0 Å². The van der Waals surface area contributed by atoms with E-state index in [-0.39, 0.29) is 6.04 Å². The third-order valence-corrected chi connectivity index (χ3v) is 4.12. The molecule has 0 spiro atoms. The molecule has 4 rings (SSSR count). The van der Waals surface area contributed by atoms with E-state index in [9.17, 15) is 0 Å². The molecule has 24 heavy (non-hydrogen) atoms. The largest absolute Gasteiger partial charge is 0.345 e. The number of hydrogen-bond acceptors (Lipinski definition) is 1. The van der Waals surface area contributed by atoms with E-state index >= 15 is 0 Å². The average Bonchev–Trinajstić information content (AvgIpc) is 3.32. The van der Waals surface area contributed by atoms with Gasteiger partial charge in [0.15, 0.2) is 0 Å². The molecule has 3 nitrogen and oxygen atoms in total. The van der Waals surface area contributed by atoms with E-state index in [1.54, 1.807) is 0 Å². The number of aromatic nitrogens is 3. The molecule has 0 fully saturated rings. The lowest BCUT2D eigenvalue weighted by Crippen LogP contribution is -2.15. The van der Waals surface area contributed by atoms with Gasteiger partial charge >= 0.3 is 0 Å². The van der Waals surface area contributed by atoms with Gasteiger partial charge in [0.1, 0.15) is 0 Å². The maximum atomic E-state index is 4.21. The van der Waals surface area contributed by atoms with Crippen molar-refractivity contribution in [1.82, 2.24) is 14.1 Å². The van der Waals surface area contributed by atoms with Crippen molar-refractivity contribution in [2.75, 3.05) is 0 Å². The lowest BCUT2D eigenvalue weighted by Gasteiger charge is -2.20. The summed E-state index contributed by atoms with van der Waals surface area (Å²) in [6.45, 7) is 4.88. The highest BCUT2D eigenvalue weighted by Gasteiger charge is 2.14. The molecule has 3 heteroatoms. The highest BCUT2D eigenvalue weighted by atomic mass is 15.1. The molecule has 0 saturated carbocycles. The number of rotatable bonds is 4. The Labute approximate surface area is 143 Å². The molecule has 0 amide bonds. The predicted octanol–water partition coefficient (Wildman–Crippen LogP) is 5.15. The zero-order chi connectivity index (χ0) is 16.8. The van der Waals surface area contributed by atoms with Gasteiger partial charge in [0, 0.05) is 30.7 Å². The van der Waals surface area contributed by atoms with Gasteiger partial charge in [0.05, 0.1) is 12.4 Å². The molecule has 0 radical (unpaired) electrons. The monoisotopic (exact) mass is 317 g/mol. The van der Waals surface area contributed by atoms with Gasteiger partial charge < -0.3 is 9.13 Å². The van der Waals surface area contributed by atoms with Crippen LogP contribution >= 0.6 is 0 Å². The highest BCUT2D eigenvalue weighted by Crippen LogP contribution is 2.23. The van der Waals surface area contributed by atoms with Crippen LogP contribution in [-0.4, -0.2) is 14.1 Å². The third-order valence-electron chi connectivity index (χ3n) is 4.12. The molecule has 0 aliphatic carbocycles. The zero-order valence-corrected chi connectivity index (χ0v) is 14.2. The van der Waals surface area contributed by atoms with Crippen molar-refractivity contribution < 1.29 is 0 Å². The van der Waals surface area contributed by atoms with Gasteiger partial charge in [-0.15, -0.1) is 0 Å². The quantitative estimate of drug-likeness (QED) is 0.510. The molecular weight excluding hydrogens is 294 g/mol. The van der Waals surface area contributed by atoms with Crippen LogP contribution in [0.2, 0.25) is 0 Å². The average molecular weight is 317 g/mol. The molecule has 1 unspecified atom stereocenters. The second-order valence-electron chi connectivity index (χ2n) is 5.46. The van der Waals surface area contributed by atoms with Gasteiger partial charge in [0.25, 0.3) is 0 Å². The van der Waals surface area contributed by atoms with Crippen LogP contribution in [0.4, 0.5) is 0 Å². The summed E-state index contributed by atoms with van der Waals surface area (Å²) in [5.41, 5.74) is 2.56. The molecule has 0 bridgehead atoms. The standard InChI is InChI=1S/C19H17N3.C2H6/c1-2-6-16(7-3-1)19(22-13-11-20-15-22)14-21-12-10-17-8-4-5-9-18(17)21;1-2/h1-13,15,19H,14H2;1-2H3. The van der Waals surface area contributed by atoms with Gasteiger partial charge in [-0.25, -0.2) is 4.98 Å². The van der Waals surface area contributed by atoms with Crippen molar-refractivity contribution in [2.45, 2.75) is 26.4 Å². The molecule has 2 heterocycles. The van der Waals surface area contributed by atoms with Crippen molar-refractivity contribution in [3.05, 3.63) is 91.1 Å². The fourth-order valence-corrected chi connectivity index (χ4v) is 2.99. The van der Waals surface area contributed by atoms with E-state index in [2.05, 4.69) is 81.0 Å². The summed E-state index contributed by atoms with van der Waals surface area (Å²) in [6, 6.07) is 21.5. The van der Waals surface area contributed by atoms with E-state index < -0.39 is 0 Å². The number of hydrogen-bond donors (Lipinski definition) is 0. The number of para-hydroxylation sites is 1. The first-order valence-electron chi connectivity index (χ1n) is 8.48. The summed E-state index contributed by atoms with van der Waals surface area (Å²) in [7, 11) is 0. The maximum Gasteiger partial charge on any atom is 0.0952 e. The van der Waals surface area contributed by atoms with E-state index in [1.807, 2.05) is 32.6 Å². The molecule has 0 aliphatic rings. The second kappa shape index (κ2) is 7.64. The molecule has 4 aromatic rings. The smallest absolute Gasteiger partial charge is 0.0952 e. The Hall–Kier alpha value is -2.81. The van der Waals surface area contributed by atoms with Crippen molar-refractivity contribution in [2.24, 2.45) is 0 Å². The number of nitrogens with zero attached hydrogens (tertiary/aromatic N) is 3. The van der Waals surface area contributed by atoms with E-state index in [0.29, 0.717) is 0 Å². The fraction of sp³-hybridized carbons (Fsp3) is 0.190. The van der Waals surface area contributed by atoms with Crippen LogP contribution in [0.15, 0.2) is 85.6 Å². The minimum absolute atomic E-state index is 0.236. The summed E-state index contributed by atoms with van der Waals surface area (Å²) in [6.07, 6.45) is 7.92. The van der Waals surface area contributed by atoms with Crippen LogP contribution in [0.5, 0.6) is 0 Å². The summed E-state index contributed by atoms with van der Waals surface area (Å²) in [5, 5.41) is 1.28. The second-order valence-corrected chi connectivity index (χ2v) is 5.46. The first-order chi connectivity index (χ1) is 11.9. The SMILES string of the molecule is CC.c1ccc(C(Cn2ccc3ccccc32)n2ccnc2)cc1. The van der Waals surface area contributed by atoms with Crippen LogP contribution in [0, 0.1) is 0 Å². The Kier molecular flexibility index (Phi) is 5.12. The molecule has 2 aromatic carbocycles. The molecule has 0 saturated heterocycles. The number of fused-ring (bicyclic) bond motifs is 1. The number of benzene rings is 2. The van der Waals surface area contributed by atoms with E-state index in [1.165, 1.54) is 16.5 Å². The minimum atomic E-state index is 0.236. The first kappa shape index (κ1) is 16.1. The minimum Gasteiger partial charge on any atom is -0.345 e. The topological polar surface area (TPSA) is 22.8 Å². The zero-order valence-electron chi connectivity index (χ0n) is 14.2. The van der Waals surface area contributed by atoms with Crippen LogP contribution in [0.25, 0.3) is 10.9 Å². The van der Waals surface area contributed by atoms with Crippen LogP contribution in [-0.2, 0) is 6.54 Å². The Morgan fingerprint density at radius 3 is 2.38 bits per heavy atom. The van der Waals surface area contributed by atoms with Crippen molar-refractivity contribution in [3.8, 4) is 0 Å². The molecule has 2 aromatic heterocycles. The molecule has 0 N–H and O–H groups in total. The van der Waals surface area contributed by atoms with E-state index in [0.717, 1.165) is 6.54 Å².